The minimum atomic E-state index is -0.236. The molecular weight excluding hydrogens is 376 g/mol. The van der Waals surface area contributed by atoms with E-state index in [9.17, 15) is 14.4 Å². The first-order valence-corrected chi connectivity index (χ1v) is 10.1. The quantitative estimate of drug-likeness (QED) is 0.275. The smallest absolute Gasteiger partial charge is 0.245 e. The second-order valence-corrected chi connectivity index (χ2v) is 7.07. The average molecular weight is 407 g/mol. The molecule has 3 amide bonds. The number of rotatable bonds is 16. The van der Waals surface area contributed by atoms with Crippen LogP contribution in [0.4, 0.5) is 0 Å². The summed E-state index contributed by atoms with van der Waals surface area (Å²) in [7, 11) is 1.55. The standard InChI is InChI=1S/C17H30N2O7S/c1-3-27-14-12-16(21)19(17(14)22)4-5-23-6-7-24-8-9-25-10-11-26-13-15(20)18-2/h14H,3-13H2,1-2H3,(H,18,20). The maximum absolute atomic E-state index is 12.0. The predicted molar refractivity (Wildman–Crippen MR) is 101 cm³/mol. The summed E-state index contributed by atoms with van der Waals surface area (Å²) in [5.74, 6) is 0.417. The first-order valence-electron chi connectivity index (χ1n) is 9.07. The Kier molecular flexibility index (Phi) is 13.1. The number of likely N-dealkylation sites (tertiary alicyclic amines) is 1. The van der Waals surface area contributed by atoms with Crippen LogP contribution in [-0.4, -0.2) is 100 Å². The lowest BCUT2D eigenvalue weighted by Crippen LogP contribution is -2.34. The molecule has 0 radical (unpaired) electrons. The first-order chi connectivity index (χ1) is 13.1. The Morgan fingerprint density at radius 2 is 1.59 bits per heavy atom. The highest BCUT2D eigenvalue weighted by Crippen LogP contribution is 2.24. The van der Waals surface area contributed by atoms with Crippen LogP contribution in [0.25, 0.3) is 0 Å². The van der Waals surface area contributed by atoms with Crippen LogP contribution in [0.15, 0.2) is 0 Å². The van der Waals surface area contributed by atoms with Crippen LogP contribution in [-0.2, 0) is 33.3 Å². The van der Waals surface area contributed by atoms with Gasteiger partial charge in [0.05, 0.1) is 58.0 Å². The van der Waals surface area contributed by atoms with Gasteiger partial charge in [0.15, 0.2) is 0 Å². The fourth-order valence-electron chi connectivity index (χ4n) is 2.27. The molecule has 0 spiro atoms. The maximum Gasteiger partial charge on any atom is 0.245 e. The molecule has 0 bridgehead atoms. The van der Waals surface area contributed by atoms with Crippen LogP contribution >= 0.6 is 11.8 Å². The van der Waals surface area contributed by atoms with Crippen molar-refractivity contribution in [2.75, 3.05) is 72.2 Å². The van der Waals surface area contributed by atoms with Crippen molar-refractivity contribution in [3.05, 3.63) is 0 Å². The second kappa shape index (κ2) is 14.8. The van der Waals surface area contributed by atoms with Gasteiger partial charge in [-0.1, -0.05) is 6.92 Å². The van der Waals surface area contributed by atoms with Crippen molar-refractivity contribution < 1.29 is 33.3 Å². The molecule has 1 atom stereocenters. The molecule has 0 aromatic heterocycles. The van der Waals surface area contributed by atoms with Crippen LogP contribution in [0, 0.1) is 0 Å². The Morgan fingerprint density at radius 3 is 2.15 bits per heavy atom. The number of nitrogens with one attached hydrogen (secondary N) is 1. The monoisotopic (exact) mass is 406 g/mol. The van der Waals surface area contributed by atoms with Crippen molar-refractivity contribution in [2.24, 2.45) is 0 Å². The Labute approximate surface area is 164 Å². The van der Waals surface area contributed by atoms with Gasteiger partial charge in [-0.05, 0) is 5.75 Å². The average Bonchev–Trinajstić information content (AvgIpc) is 2.92. The third kappa shape index (κ3) is 10.1. The number of carbonyl (C=O) groups excluding carboxylic acids is 3. The second-order valence-electron chi connectivity index (χ2n) is 5.59. The zero-order valence-electron chi connectivity index (χ0n) is 16.1. The van der Waals surface area contributed by atoms with Crippen molar-refractivity contribution in [1.29, 1.82) is 0 Å². The number of imide groups is 1. The summed E-state index contributed by atoms with van der Waals surface area (Å²) in [5, 5.41) is 2.22. The minimum absolute atomic E-state index is 0.0282. The lowest BCUT2D eigenvalue weighted by molar-refractivity contribution is -0.139. The molecule has 0 aromatic carbocycles. The number of carbonyl (C=O) groups is 3. The van der Waals surface area contributed by atoms with E-state index in [2.05, 4.69) is 5.32 Å². The van der Waals surface area contributed by atoms with Gasteiger partial charge in [0.1, 0.15) is 6.61 Å². The molecule has 1 aliphatic rings. The highest BCUT2D eigenvalue weighted by Gasteiger charge is 2.37. The van der Waals surface area contributed by atoms with Crippen LogP contribution < -0.4 is 5.32 Å². The molecule has 1 N–H and O–H groups in total. The highest BCUT2D eigenvalue weighted by atomic mass is 32.2. The molecule has 1 saturated heterocycles. The number of ether oxygens (including phenoxy) is 4. The summed E-state index contributed by atoms with van der Waals surface area (Å²) in [5.41, 5.74) is 0. The van der Waals surface area contributed by atoms with Gasteiger partial charge < -0.3 is 24.3 Å². The molecule has 9 nitrogen and oxygen atoms in total. The zero-order valence-corrected chi connectivity index (χ0v) is 16.9. The Hall–Kier alpha value is -1.20. The summed E-state index contributed by atoms with van der Waals surface area (Å²) in [6, 6.07) is 0. The summed E-state index contributed by atoms with van der Waals surface area (Å²) in [4.78, 5) is 36.1. The van der Waals surface area contributed by atoms with Gasteiger partial charge in [0, 0.05) is 13.5 Å². The molecular formula is C17H30N2O7S. The molecule has 1 unspecified atom stereocenters. The van der Waals surface area contributed by atoms with Gasteiger partial charge in [0.2, 0.25) is 17.7 Å². The molecule has 0 aliphatic carbocycles. The molecule has 1 heterocycles. The normalized spacial score (nSPS) is 17.0. The van der Waals surface area contributed by atoms with Crippen LogP contribution in [0.5, 0.6) is 0 Å². The van der Waals surface area contributed by atoms with Crippen molar-refractivity contribution in [2.45, 2.75) is 18.6 Å². The third-order valence-corrected chi connectivity index (χ3v) is 4.76. The van der Waals surface area contributed by atoms with Crippen LogP contribution in [0.1, 0.15) is 13.3 Å². The van der Waals surface area contributed by atoms with Crippen LogP contribution in [0.2, 0.25) is 0 Å². The number of hydrogen-bond donors (Lipinski definition) is 1. The van der Waals surface area contributed by atoms with Gasteiger partial charge in [-0.2, -0.15) is 0 Å². The van der Waals surface area contributed by atoms with E-state index in [1.807, 2.05) is 6.92 Å². The molecule has 0 aromatic rings. The molecule has 10 heteroatoms. The molecule has 1 rings (SSSR count). The van der Waals surface area contributed by atoms with Crippen LogP contribution in [0.3, 0.4) is 0 Å². The van der Waals surface area contributed by atoms with Crippen molar-refractivity contribution in [3.8, 4) is 0 Å². The van der Waals surface area contributed by atoms with Crippen molar-refractivity contribution >= 4 is 29.5 Å². The summed E-state index contributed by atoms with van der Waals surface area (Å²) in [6.45, 7) is 5.00. The summed E-state index contributed by atoms with van der Waals surface area (Å²) in [6.07, 6.45) is 0.289. The number of nitrogens with zero attached hydrogens (tertiary/aromatic N) is 1. The Morgan fingerprint density at radius 1 is 1.04 bits per heavy atom. The van der Waals surface area contributed by atoms with Crippen molar-refractivity contribution in [1.82, 2.24) is 10.2 Å². The zero-order chi connectivity index (χ0) is 19.9. The van der Waals surface area contributed by atoms with E-state index in [4.69, 9.17) is 18.9 Å². The highest BCUT2D eigenvalue weighted by molar-refractivity contribution is 8.00. The third-order valence-electron chi connectivity index (χ3n) is 3.66. The van der Waals surface area contributed by atoms with E-state index in [1.54, 1.807) is 7.05 Å². The Bertz CT molecular complexity index is 465. The number of amides is 3. The Balaban J connectivity index is 1.89. The summed E-state index contributed by atoms with van der Waals surface area (Å²) < 4.78 is 21.1. The molecule has 1 aliphatic heterocycles. The lowest BCUT2D eigenvalue weighted by atomic mass is 10.4. The van der Waals surface area contributed by atoms with Gasteiger partial charge in [0.25, 0.3) is 0 Å². The van der Waals surface area contributed by atoms with E-state index in [-0.39, 0.29) is 42.5 Å². The molecule has 27 heavy (non-hydrogen) atoms. The van der Waals surface area contributed by atoms with Gasteiger partial charge in [-0.25, -0.2) is 0 Å². The number of hydrogen-bond acceptors (Lipinski definition) is 8. The minimum Gasteiger partial charge on any atom is -0.377 e. The van der Waals surface area contributed by atoms with Gasteiger partial charge >= 0.3 is 0 Å². The predicted octanol–water partition coefficient (Wildman–Crippen LogP) is -0.321. The lowest BCUT2D eigenvalue weighted by Gasteiger charge is -2.14. The van der Waals surface area contributed by atoms with Gasteiger partial charge in [-0.15, -0.1) is 11.8 Å². The SMILES string of the molecule is CCSC1CC(=O)N(CCOCCOCCOCCOCC(=O)NC)C1=O. The fourth-order valence-corrected chi connectivity index (χ4v) is 3.20. The van der Waals surface area contributed by atoms with Crippen molar-refractivity contribution in [3.63, 3.8) is 0 Å². The van der Waals surface area contributed by atoms with Gasteiger partial charge in [-0.3, -0.25) is 19.3 Å². The largest absolute Gasteiger partial charge is 0.377 e. The fraction of sp³-hybridized carbons (Fsp3) is 0.824. The van der Waals surface area contributed by atoms with E-state index in [1.165, 1.54) is 16.7 Å². The topological polar surface area (TPSA) is 103 Å². The van der Waals surface area contributed by atoms with E-state index in [0.29, 0.717) is 46.2 Å². The van der Waals surface area contributed by atoms with E-state index in [0.717, 1.165) is 5.75 Å². The number of thioether (sulfide) groups is 1. The molecule has 156 valence electrons. The van der Waals surface area contributed by atoms with E-state index < -0.39 is 0 Å². The number of likely N-dealkylation sites (N-methyl/N-ethyl adjacent to an activating group) is 1. The van der Waals surface area contributed by atoms with E-state index >= 15 is 0 Å². The molecule has 1 fully saturated rings. The maximum atomic E-state index is 12.0. The first kappa shape index (κ1) is 23.8. The summed E-state index contributed by atoms with van der Waals surface area (Å²) >= 11 is 1.51. The molecule has 0 saturated carbocycles.